The van der Waals surface area contributed by atoms with Crippen molar-refractivity contribution >= 4 is 17.8 Å². The number of amides is 1. The number of hydrogen-bond acceptors (Lipinski definition) is 5. The van der Waals surface area contributed by atoms with Gasteiger partial charge in [-0.2, -0.15) is 0 Å². The van der Waals surface area contributed by atoms with E-state index in [-0.39, 0.29) is 24.7 Å². The molecule has 0 radical (unpaired) electrons. The van der Waals surface area contributed by atoms with Crippen molar-refractivity contribution in [2.75, 3.05) is 6.61 Å². The van der Waals surface area contributed by atoms with Crippen molar-refractivity contribution in [2.45, 2.75) is 18.4 Å². The summed E-state index contributed by atoms with van der Waals surface area (Å²) >= 11 is 0. The van der Waals surface area contributed by atoms with E-state index in [1.165, 1.54) is 12.1 Å². The van der Waals surface area contributed by atoms with Crippen molar-refractivity contribution < 1.29 is 29.3 Å². The van der Waals surface area contributed by atoms with E-state index < -0.39 is 23.9 Å². The average molecular weight is 457 g/mol. The van der Waals surface area contributed by atoms with E-state index in [9.17, 15) is 19.5 Å². The highest BCUT2D eigenvalue weighted by molar-refractivity contribution is 6.00. The summed E-state index contributed by atoms with van der Waals surface area (Å²) in [6, 6.07) is 21.1. The van der Waals surface area contributed by atoms with Crippen molar-refractivity contribution in [3.8, 4) is 16.9 Å². The summed E-state index contributed by atoms with van der Waals surface area (Å²) in [7, 11) is 0. The number of carbonyl (C=O) groups is 3. The van der Waals surface area contributed by atoms with Crippen molar-refractivity contribution in [1.29, 1.82) is 0 Å². The van der Waals surface area contributed by atoms with E-state index in [0.29, 0.717) is 5.56 Å². The molecule has 0 heterocycles. The summed E-state index contributed by atoms with van der Waals surface area (Å²) in [5, 5.41) is 20.9. The van der Waals surface area contributed by atoms with Gasteiger partial charge in [-0.3, -0.25) is 4.79 Å². The van der Waals surface area contributed by atoms with Gasteiger partial charge in [0.2, 0.25) is 0 Å². The van der Waals surface area contributed by atoms with Crippen LogP contribution in [0.1, 0.15) is 22.6 Å². The second-order valence-corrected chi connectivity index (χ2v) is 7.97. The monoisotopic (exact) mass is 457 g/mol. The molecule has 0 aromatic heterocycles. The van der Waals surface area contributed by atoms with Crippen LogP contribution in [0, 0.1) is 0 Å². The number of phenols is 1. The number of nitrogens with one attached hydrogen (secondary N) is 1. The zero-order valence-corrected chi connectivity index (χ0v) is 18.2. The van der Waals surface area contributed by atoms with Gasteiger partial charge in [0, 0.05) is 18.4 Å². The zero-order chi connectivity index (χ0) is 24.1. The summed E-state index contributed by atoms with van der Waals surface area (Å²) < 4.78 is 5.52. The van der Waals surface area contributed by atoms with Gasteiger partial charge >= 0.3 is 12.1 Å². The molecule has 3 aromatic carbocycles. The Hall–Kier alpha value is -4.39. The van der Waals surface area contributed by atoms with Crippen LogP contribution in [-0.2, 0) is 20.7 Å². The van der Waals surface area contributed by atoms with Gasteiger partial charge in [0.05, 0.1) is 6.04 Å². The van der Waals surface area contributed by atoms with Gasteiger partial charge in [-0.05, 0) is 46.0 Å². The highest BCUT2D eigenvalue weighted by atomic mass is 16.5. The minimum atomic E-state index is -1.27. The van der Waals surface area contributed by atoms with Crippen LogP contribution < -0.4 is 5.32 Å². The van der Waals surface area contributed by atoms with Crippen molar-refractivity contribution in [1.82, 2.24) is 5.32 Å². The van der Waals surface area contributed by atoms with Gasteiger partial charge in [-0.15, -0.1) is 0 Å². The molecule has 1 amide bonds. The number of benzene rings is 3. The fraction of sp³-hybridized carbons (Fsp3) is 0.148. The molecular formula is C27H23NO6. The fourth-order valence-corrected chi connectivity index (χ4v) is 4.14. The predicted octanol–water partition coefficient (Wildman–Crippen LogP) is 4.05. The number of aromatic hydroxyl groups is 1. The number of rotatable bonds is 8. The van der Waals surface area contributed by atoms with E-state index >= 15 is 0 Å². The first-order chi connectivity index (χ1) is 16.4. The molecule has 0 fully saturated rings. The molecule has 0 bridgehead atoms. The Balaban J connectivity index is 1.47. The normalized spacial score (nSPS) is 13.2. The lowest BCUT2D eigenvalue weighted by atomic mass is 9.98. The minimum absolute atomic E-state index is 0.0712. The molecule has 0 saturated carbocycles. The van der Waals surface area contributed by atoms with Gasteiger partial charge in [0.15, 0.2) is 5.78 Å². The van der Waals surface area contributed by atoms with Crippen LogP contribution in [0.25, 0.3) is 11.1 Å². The summed E-state index contributed by atoms with van der Waals surface area (Å²) in [5.74, 6) is -1.90. The Morgan fingerprint density at radius 2 is 1.47 bits per heavy atom. The Kier molecular flexibility index (Phi) is 6.73. The molecule has 4 rings (SSSR count). The lowest BCUT2D eigenvalue weighted by Crippen LogP contribution is -2.42. The Morgan fingerprint density at radius 3 is 2.06 bits per heavy atom. The molecule has 34 heavy (non-hydrogen) atoms. The molecule has 0 saturated heterocycles. The number of carboxylic acids is 1. The van der Waals surface area contributed by atoms with Gasteiger partial charge in [0.25, 0.3) is 0 Å². The van der Waals surface area contributed by atoms with Gasteiger partial charge in [-0.25, -0.2) is 9.59 Å². The lowest BCUT2D eigenvalue weighted by molar-refractivity contribution is -0.131. The second kappa shape index (κ2) is 10.0. The first-order valence-corrected chi connectivity index (χ1v) is 10.8. The second-order valence-electron chi connectivity index (χ2n) is 7.97. The maximum Gasteiger partial charge on any atom is 0.407 e. The molecule has 1 aliphatic carbocycles. The van der Waals surface area contributed by atoms with Gasteiger partial charge in [0.1, 0.15) is 12.4 Å². The topological polar surface area (TPSA) is 113 Å². The third-order valence-electron chi connectivity index (χ3n) is 5.75. The quantitative estimate of drug-likeness (QED) is 0.440. The summed E-state index contributed by atoms with van der Waals surface area (Å²) in [6.45, 7) is 0.0882. The fourth-order valence-electron chi connectivity index (χ4n) is 4.14. The molecule has 0 unspecified atom stereocenters. The van der Waals surface area contributed by atoms with Crippen LogP contribution in [0.5, 0.6) is 5.75 Å². The predicted molar refractivity (Wildman–Crippen MR) is 126 cm³/mol. The van der Waals surface area contributed by atoms with Crippen LogP contribution in [0.4, 0.5) is 4.79 Å². The highest BCUT2D eigenvalue weighted by Gasteiger charge is 2.29. The highest BCUT2D eigenvalue weighted by Crippen LogP contribution is 2.44. The van der Waals surface area contributed by atoms with E-state index in [1.54, 1.807) is 12.1 Å². The minimum Gasteiger partial charge on any atom is -0.508 e. The van der Waals surface area contributed by atoms with E-state index in [4.69, 9.17) is 9.84 Å². The number of alkyl carbamates (subject to hydrolysis) is 1. The molecule has 3 aromatic rings. The van der Waals surface area contributed by atoms with Crippen LogP contribution in [0.3, 0.4) is 0 Å². The largest absolute Gasteiger partial charge is 0.508 e. The maximum atomic E-state index is 12.7. The Labute approximate surface area is 196 Å². The van der Waals surface area contributed by atoms with Crippen LogP contribution >= 0.6 is 0 Å². The molecule has 7 heteroatoms. The van der Waals surface area contributed by atoms with Crippen LogP contribution in [-0.4, -0.2) is 40.7 Å². The number of carboxylic acid groups (broad SMARTS) is 1. The number of hydrogen-bond donors (Lipinski definition) is 3. The SMILES string of the molecule is O=C(O)C=CC(=O)[C@H](Cc1ccc(O)cc1)NC(=O)OCC1c2ccccc2-c2ccccc21. The number of ketones is 1. The zero-order valence-electron chi connectivity index (χ0n) is 18.2. The van der Waals surface area contributed by atoms with Crippen molar-refractivity contribution in [2.24, 2.45) is 0 Å². The molecule has 3 N–H and O–H groups in total. The van der Waals surface area contributed by atoms with Crippen molar-refractivity contribution in [3.05, 3.63) is 102 Å². The number of fused-ring (bicyclic) bond motifs is 3. The first kappa shape index (κ1) is 22.8. The Bertz CT molecular complexity index is 1200. The smallest absolute Gasteiger partial charge is 0.407 e. The molecule has 7 nitrogen and oxygen atoms in total. The summed E-state index contributed by atoms with van der Waals surface area (Å²) in [5.41, 5.74) is 5.02. The summed E-state index contributed by atoms with van der Waals surface area (Å²) in [6.07, 6.45) is 0.971. The number of carbonyl (C=O) groups excluding carboxylic acids is 2. The number of phenolic OH excluding ortho intramolecular Hbond substituents is 1. The third kappa shape index (κ3) is 5.15. The maximum absolute atomic E-state index is 12.7. The van der Waals surface area contributed by atoms with E-state index in [1.807, 2.05) is 48.5 Å². The van der Waals surface area contributed by atoms with Gasteiger partial charge in [-0.1, -0.05) is 60.7 Å². The lowest BCUT2D eigenvalue weighted by Gasteiger charge is -2.18. The van der Waals surface area contributed by atoms with Crippen LogP contribution in [0.2, 0.25) is 0 Å². The van der Waals surface area contributed by atoms with Crippen molar-refractivity contribution in [3.63, 3.8) is 0 Å². The van der Waals surface area contributed by atoms with Crippen LogP contribution in [0.15, 0.2) is 84.9 Å². The molecule has 172 valence electrons. The Morgan fingerprint density at radius 1 is 0.882 bits per heavy atom. The average Bonchev–Trinajstić information content (AvgIpc) is 3.16. The third-order valence-corrected chi connectivity index (χ3v) is 5.75. The standard InChI is InChI=1S/C27H23NO6/c29-18-11-9-17(10-12-18)15-24(25(30)13-14-26(31)32)28-27(33)34-16-23-21-7-3-1-5-19(21)20-6-2-4-8-22(20)23/h1-14,23-24,29H,15-16H2,(H,28,33)(H,31,32)/t24-/m0/s1. The van der Waals surface area contributed by atoms with E-state index in [2.05, 4.69) is 5.32 Å². The van der Waals surface area contributed by atoms with E-state index in [0.717, 1.165) is 34.4 Å². The molecule has 1 aliphatic rings. The number of ether oxygens (including phenoxy) is 1. The molecule has 1 atom stereocenters. The molecule has 0 aliphatic heterocycles. The van der Waals surface area contributed by atoms with Gasteiger partial charge < -0.3 is 20.3 Å². The molecular weight excluding hydrogens is 434 g/mol. The number of aliphatic carboxylic acids is 1. The summed E-state index contributed by atoms with van der Waals surface area (Å²) in [4.78, 5) is 36.0. The first-order valence-electron chi connectivity index (χ1n) is 10.8. The molecule has 0 spiro atoms.